The van der Waals surface area contributed by atoms with Crippen molar-refractivity contribution in [3.63, 3.8) is 0 Å². The number of anilines is 3. The van der Waals surface area contributed by atoms with E-state index in [4.69, 9.17) is 10.5 Å². The van der Waals surface area contributed by atoms with E-state index < -0.39 is 11.6 Å². The van der Waals surface area contributed by atoms with E-state index >= 15 is 0 Å². The first-order chi connectivity index (χ1) is 10.0. The molecule has 0 radical (unpaired) electrons. The molecule has 21 heavy (non-hydrogen) atoms. The summed E-state index contributed by atoms with van der Waals surface area (Å²) in [5, 5.41) is 0. The average molecular weight is 282 g/mol. The van der Waals surface area contributed by atoms with Crippen molar-refractivity contribution in [2.75, 3.05) is 10.6 Å². The van der Waals surface area contributed by atoms with Crippen LogP contribution in [0.25, 0.3) is 0 Å². The van der Waals surface area contributed by atoms with Crippen molar-refractivity contribution in [2.45, 2.75) is 25.5 Å². The number of para-hydroxylation sites is 1. The Morgan fingerprint density at radius 1 is 1.19 bits per heavy atom. The van der Waals surface area contributed by atoms with Gasteiger partial charge in [-0.3, -0.25) is 0 Å². The van der Waals surface area contributed by atoms with Gasteiger partial charge in [-0.2, -0.15) is 0 Å². The van der Waals surface area contributed by atoms with Crippen LogP contribution < -0.4 is 15.4 Å². The number of rotatable bonds is 2. The second kappa shape index (κ2) is 4.81. The van der Waals surface area contributed by atoms with E-state index in [2.05, 4.69) is 0 Å². The van der Waals surface area contributed by atoms with Gasteiger partial charge in [0.15, 0.2) is 0 Å². The lowest BCUT2D eigenvalue weighted by Crippen LogP contribution is -2.55. The Balaban J connectivity index is 2.21. The van der Waals surface area contributed by atoms with Crippen LogP contribution in [-0.4, -0.2) is 17.9 Å². The third-order valence-corrected chi connectivity index (χ3v) is 3.77. The molecule has 1 unspecified atom stereocenters. The fourth-order valence-corrected chi connectivity index (χ4v) is 2.73. The minimum absolute atomic E-state index is 0.406. The van der Waals surface area contributed by atoms with E-state index in [9.17, 15) is 4.79 Å². The van der Waals surface area contributed by atoms with Gasteiger partial charge in [-0.05, 0) is 38.1 Å². The van der Waals surface area contributed by atoms with E-state index in [1.54, 1.807) is 6.07 Å². The highest BCUT2D eigenvalue weighted by atomic mass is 16.5. The monoisotopic (exact) mass is 282 g/mol. The van der Waals surface area contributed by atoms with Crippen LogP contribution in [0.15, 0.2) is 48.5 Å². The summed E-state index contributed by atoms with van der Waals surface area (Å²) in [6, 6.07) is 14.9. The second-order valence-electron chi connectivity index (χ2n) is 5.72. The van der Waals surface area contributed by atoms with E-state index in [0.29, 0.717) is 11.4 Å². The molecule has 108 valence electrons. The summed E-state index contributed by atoms with van der Waals surface area (Å²) < 4.78 is 6.00. The topological polar surface area (TPSA) is 55.6 Å². The maximum absolute atomic E-state index is 11.7. The smallest absolute Gasteiger partial charge is 0.146 e. The first-order valence-corrected chi connectivity index (χ1v) is 6.91. The van der Waals surface area contributed by atoms with Gasteiger partial charge in [0.2, 0.25) is 0 Å². The third-order valence-electron chi connectivity index (χ3n) is 3.77. The Morgan fingerprint density at radius 2 is 1.90 bits per heavy atom. The maximum atomic E-state index is 11.7. The average Bonchev–Trinajstić information content (AvgIpc) is 2.45. The molecule has 0 amide bonds. The van der Waals surface area contributed by atoms with Crippen LogP contribution >= 0.6 is 0 Å². The Labute approximate surface area is 124 Å². The molecular formula is C17H18N2O2. The Bertz CT molecular complexity index is 668. The quantitative estimate of drug-likeness (QED) is 0.679. The van der Waals surface area contributed by atoms with Gasteiger partial charge >= 0.3 is 0 Å². The number of nitrogens with two attached hydrogens (primary N) is 1. The summed E-state index contributed by atoms with van der Waals surface area (Å²) in [6.07, 6.45) is 0.937. The van der Waals surface area contributed by atoms with Gasteiger partial charge in [-0.15, -0.1) is 0 Å². The van der Waals surface area contributed by atoms with Crippen molar-refractivity contribution >= 4 is 23.3 Å². The van der Waals surface area contributed by atoms with Crippen molar-refractivity contribution < 1.29 is 9.53 Å². The van der Waals surface area contributed by atoms with Crippen LogP contribution in [0.3, 0.4) is 0 Å². The van der Waals surface area contributed by atoms with Crippen LogP contribution in [0.4, 0.5) is 17.1 Å². The van der Waals surface area contributed by atoms with Crippen LogP contribution in [0.5, 0.6) is 5.75 Å². The largest absolute Gasteiger partial charge is 0.483 e. The molecule has 1 aliphatic rings. The lowest BCUT2D eigenvalue weighted by atomic mass is 9.94. The Hall–Kier alpha value is -2.49. The molecule has 0 fully saturated rings. The zero-order valence-electron chi connectivity index (χ0n) is 12.1. The molecule has 4 heteroatoms. The number of aldehydes is 1. The maximum Gasteiger partial charge on any atom is 0.146 e. The number of carbonyl (C=O) groups excluding carboxylic acids is 1. The summed E-state index contributed by atoms with van der Waals surface area (Å²) in [4.78, 5) is 13.7. The minimum atomic E-state index is -0.640. The first kappa shape index (κ1) is 13.5. The lowest BCUT2D eigenvalue weighted by Gasteiger charge is -2.45. The van der Waals surface area contributed by atoms with E-state index in [-0.39, 0.29) is 0 Å². The highest BCUT2D eigenvalue weighted by molar-refractivity contribution is 5.81. The summed E-state index contributed by atoms with van der Waals surface area (Å²) in [5.74, 6) is 0.696. The van der Waals surface area contributed by atoms with Gasteiger partial charge < -0.3 is 20.2 Å². The number of fused-ring (bicyclic) bond motifs is 1. The SMILES string of the molecule is CC1(C)Oc2cc(N)ccc2N(c2ccccc2)C1C=O. The summed E-state index contributed by atoms with van der Waals surface area (Å²) in [6.45, 7) is 3.82. The van der Waals surface area contributed by atoms with Crippen molar-refractivity contribution in [1.82, 2.24) is 0 Å². The fraction of sp³-hybridized carbons (Fsp3) is 0.235. The molecule has 2 aromatic rings. The van der Waals surface area contributed by atoms with Crippen molar-refractivity contribution in [1.29, 1.82) is 0 Å². The fourth-order valence-electron chi connectivity index (χ4n) is 2.73. The third kappa shape index (κ3) is 2.23. The normalized spacial score (nSPS) is 19.5. The van der Waals surface area contributed by atoms with Gasteiger partial charge in [-0.1, -0.05) is 18.2 Å². The molecule has 0 aliphatic carbocycles. The van der Waals surface area contributed by atoms with Crippen molar-refractivity contribution in [2.24, 2.45) is 0 Å². The Kier molecular flexibility index (Phi) is 3.09. The summed E-state index contributed by atoms with van der Waals surface area (Å²) in [7, 11) is 0. The number of benzene rings is 2. The number of ether oxygens (including phenoxy) is 1. The molecule has 3 rings (SSSR count). The number of carbonyl (C=O) groups is 1. The van der Waals surface area contributed by atoms with Crippen molar-refractivity contribution in [3.8, 4) is 5.75 Å². The molecule has 0 spiro atoms. The van der Waals surface area contributed by atoms with Gasteiger partial charge in [-0.25, -0.2) is 0 Å². The van der Waals surface area contributed by atoms with Crippen LogP contribution in [0.2, 0.25) is 0 Å². The van der Waals surface area contributed by atoms with Crippen LogP contribution in [-0.2, 0) is 4.79 Å². The molecule has 0 saturated heterocycles. The highest BCUT2D eigenvalue weighted by Crippen LogP contribution is 2.44. The van der Waals surface area contributed by atoms with Crippen LogP contribution in [0, 0.1) is 0 Å². The molecular weight excluding hydrogens is 264 g/mol. The summed E-state index contributed by atoms with van der Waals surface area (Å²) >= 11 is 0. The lowest BCUT2D eigenvalue weighted by molar-refractivity contribution is -0.112. The van der Waals surface area contributed by atoms with Gasteiger partial charge in [0.25, 0.3) is 0 Å². The number of nitrogen functional groups attached to an aromatic ring is 1. The number of nitrogens with zero attached hydrogens (tertiary/aromatic N) is 1. The zero-order chi connectivity index (χ0) is 15.0. The molecule has 0 saturated carbocycles. The molecule has 4 nitrogen and oxygen atoms in total. The Morgan fingerprint density at radius 3 is 2.57 bits per heavy atom. The molecule has 1 heterocycles. The molecule has 2 aromatic carbocycles. The van der Waals surface area contributed by atoms with Gasteiger partial charge in [0, 0.05) is 17.4 Å². The number of hydrogen-bond acceptors (Lipinski definition) is 4. The van der Waals surface area contributed by atoms with E-state index in [1.165, 1.54) is 0 Å². The molecule has 1 atom stereocenters. The molecule has 1 aliphatic heterocycles. The molecule has 0 aromatic heterocycles. The first-order valence-electron chi connectivity index (χ1n) is 6.91. The molecule has 0 bridgehead atoms. The number of hydrogen-bond donors (Lipinski definition) is 1. The highest BCUT2D eigenvalue weighted by Gasteiger charge is 2.42. The summed E-state index contributed by atoms with van der Waals surface area (Å²) in [5.41, 5.74) is 7.66. The van der Waals surface area contributed by atoms with Crippen LogP contribution in [0.1, 0.15) is 13.8 Å². The van der Waals surface area contributed by atoms with E-state index in [0.717, 1.165) is 17.7 Å². The van der Waals surface area contributed by atoms with Crippen molar-refractivity contribution in [3.05, 3.63) is 48.5 Å². The van der Waals surface area contributed by atoms with Gasteiger partial charge in [0.05, 0.1) is 5.69 Å². The predicted molar refractivity (Wildman–Crippen MR) is 84.0 cm³/mol. The second-order valence-corrected chi connectivity index (χ2v) is 5.72. The minimum Gasteiger partial charge on any atom is -0.483 e. The zero-order valence-corrected chi connectivity index (χ0v) is 12.1. The van der Waals surface area contributed by atoms with Gasteiger partial charge in [0.1, 0.15) is 23.7 Å². The molecule has 2 N–H and O–H groups in total. The predicted octanol–water partition coefficient (Wildman–Crippen LogP) is 3.15. The van der Waals surface area contributed by atoms with E-state index in [1.807, 2.05) is 61.2 Å². The standard InChI is InChI=1S/C17H18N2O2/c1-17(2)16(11-20)19(13-6-4-3-5-7-13)14-9-8-12(18)10-15(14)21-17/h3-11,16H,18H2,1-2H3.